The minimum Gasteiger partial charge on any atom is -0.399 e. The van der Waals surface area contributed by atoms with Crippen LogP contribution in [0.3, 0.4) is 0 Å². The molecular formula is C14H14ClN3O. The topological polar surface area (TPSA) is 68.0 Å². The van der Waals surface area contributed by atoms with Crippen molar-refractivity contribution in [1.29, 1.82) is 0 Å². The van der Waals surface area contributed by atoms with Crippen molar-refractivity contribution in [2.45, 2.75) is 13.5 Å². The van der Waals surface area contributed by atoms with Gasteiger partial charge in [-0.1, -0.05) is 17.7 Å². The van der Waals surface area contributed by atoms with E-state index in [0.717, 1.165) is 11.3 Å². The molecule has 0 fully saturated rings. The summed E-state index contributed by atoms with van der Waals surface area (Å²) in [7, 11) is 0. The first-order valence-corrected chi connectivity index (χ1v) is 6.19. The van der Waals surface area contributed by atoms with Gasteiger partial charge in [-0.25, -0.2) is 0 Å². The number of anilines is 1. The minimum absolute atomic E-state index is 0.241. The monoisotopic (exact) mass is 275 g/mol. The van der Waals surface area contributed by atoms with Crippen molar-refractivity contribution < 1.29 is 4.79 Å². The van der Waals surface area contributed by atoms with Crippen LogP contribution >= 0.6 is 11.6 Å². The van der Waals surface area contributed by atoms with Gasteiger partial charge < -0.3 is 11.1 Å². The van der Waals surface area contributed by atoms with Gasteiger partial charge in [0.15, 0.2) is 0 Å². The molecule has 0 saturated carbocycles. The van der Waals surface area contributed by atoms with E-state index in [4.69, 9.17) is 17.3 Å². The molecule has 0 bridgehead atoms. The number of aromatic nitrogens is 1. The van der Waals surface area contributed by atoms with E-state index in [9.17, 15) is 4.79 Å². The Morgan fingerprint density at radius 3 is 2.89 bits per heavy atom. The van der Waals surface area contributed by atoms with E-state index in [1.807, 2.05) is 19.1 Å². The average molecular weight is 276 g/mol. The summed E-state index contributed by atoms with van der Waals surface area (Å²) >= 11 is 5.98. The average Bonchev–Trinajstić information content (AvgIpc) is 2.37. The summed E-state index contributed by atoms with van der Waals surface area (Å²) in [5, 5.41) is 3.13. The summed E-state index contributed by atoms with van der Waals surface area (Å²) in [6, 6.07) is 8.62. The number of hydrogen-bond acceptors (Lipinski definition) is 3. The Kier molecular flexibility index (Phi) is 4.02. The van der Waals surface area contributed by atoms with Crippen LogP contribution in [-0.4, -0.2) is 10.9 Å². The number of halogens is 1. The minimum atomic E-state index is -0.241. The number of amides is 1. The summed E-state index contributed by atoms with van der Waals surface area (Å²) < 4.78 is 0. The van der Waals surface area contributed by atoms with Crippen molar-refractivity contribution in [3.63, 3.8) is 0 Å². The fourth-order valence-electron chi connectivity index (χ4n) is 1.68. The predicted octanol–water partition coefficient (Wildman–Crippen LogP) is 2.56. The van der Waals surface area contributed by atoms with E-state index in [1.54, 1.807) is 24.4 Å². The van der Waals surface area contributed by atoms with Crippen LogP contribution in [0.25, 0.3) is 0 Å². The summed E-state index contributed by atoms with van der Waals surface area (Å²) in [6.07, 6.45) is 1.70. The second kappa shape index (κ2) is 5.71. The molecule has 0 atom stereocenters. The van der Waals surface area contributed by atoms with E-state index in [1.165, 1.54) is 0 Å². The van der Waals surface area contributed by atoms with Crippen LogP contribution in [0.5, 0.6) is 0 Å². The number of nitrogens with two attached hydrogens (primary N) is 1. The second-order valence-corrected chi connectivity index (χ2v) is 4.60. The molecule has 0 unspecified atom stereocenters. The number of nitrogens with zero attached hydrogens (tertiary/aromatic N) is 1. The number of aryl methyl sites for hydroxylation is 1. The largest absolute Gasteiger partial charge is 0.399 e. The Morgan fingerprint density at radius 1 is 1.42 bits per heavy atom. The van der Waals surface area contributed by atoms with E-state index < -0.39 is 0 Å². The Hall–Kier alpha value is -2.07. The van der Waals surface area contributed by atoms with Crippen molar-refractivity contribution in [1.82, 2.24) is 10.3 Å². The van der Waals surface area contributed by atoms with Gasteiger partial charge in [0.25, 0.3) is 5.91 Å². The van der Waals surface area contributed by atoms with Gasteiger partial charge in [0.05, 0.1) is 22.8 Å². The van der Waals surface area contributed by atoms with Gasteiger partial charge in [-0.3, -0.25) is 9.78 Å². The highest BCUT2D eigenvalue weighted by atomic mass is 35.5. The number of rotatable bonds is 3. The van der Waals surface area contributed by atoms with Crippen LogP contribution in [0.4, 0.5) is 5.69 Å². The van der Waals surface area contributed by atoms with Crippen molar-refractivity contribution in [3.05, 3.63) is 58.4 Å². The molecule has 2 rings (SSSR count). The standard InChI is InChI=1S/C14H14ClN3O/c1-9-3-2-6-17-13(9)8-18-14(19)11-5-4-10(16)7-12(11)15/h2-7H,8,16H2,1H3,(H,18,19). The van der Waals surface area contributed by atoms with Crippen molar-refractivity contribution in [2.75, 3.05) is 5.73 Å². The van der Waals surface area contributed by atoms with Crippen LogP contribution in [-0.2, 0) is 6.54 Å². The summed E-state index contributed by atoms with van der Waals surface area (Å²) in [5.74, 6) is -0.241. The lowest BCUT2D eigenvalue weighted by atomic mass is 10.2. The molecule has 0 aliphatic carbocycles. The lowest BCUT2D eigenvalue weighted by molar-refractivity contribution is 0.0950. The molecule has 1 heterocycles. The van der Waals surface area contributed by atoms with Gasteiger partial charge in [-0.05, 0) is 36.8 Å². The summed E-state index contributed by atoms with van der Waals surface area (Å²) in [6.45, 7) is 2.32. The molecule has 0 aliphatic rings. The highest BCUT2D eigenvalue weighted by Crippen LogP contribution is 2.19. The van der Waals surface area contributed by atoms with Gasteiger partial charge >= 0.3 is 0 Å². The van der Waals surface area contributed by atoms with Crippen LogP contribution < -0.4 is 11.1 Å². The van der Waals surface area contributed by atoms with E-state index in [2.05, 4.69) is 10.3 Å². The quantitative estimate of drug-likeness (QED) is 0.846. The lowest BCUT2D eigenvalue weighted by Crippen LogP contribution is -2.24. The molecule has 0 aliphatic heterocycles. The van der Waals surface area contributed by atoms with E-state index in [0.29, 0.717) is 22.8 Å². The zero-order valence-corrected chi connectivity index (χ0v) is 11.2. The molecule has 1 aromatic heterocycles. The molecule has 0 spiro atoms. The van der Waals surface area contributed by atoms with Gasteiger partial charge in [0.2, 0.25) is 0 Å². The van der Waals surface area contributed by atoms with Crippen molar-refractivity contribution >= 4 is 23.2 Å². The van der Waals surface area contributed by atoms with E-state index >= 15 is 0 Å². The number of hydrogen-bond donors (Lipinski definition) is 2. The first-order chi connectivity index (χ1) is 9.08. The Labute approximate surface area is 116 Å². The second-order valence-electron chi connectivity index (χ2n) is 4.19. The van der Waals surface area contributed by atoms with E-state index in [-0.39, 0.29) is 5.91 Å². The molecule has 5 heteroatoms. The number of nitrogens with one attached hydrogen (secondary N) is 1. The molecule has 0 saturated heterocycles. The molecule has 19 heavy (non-hydrogen) atoms. The maximum absolute atomic E-state index is 12.0. The Balaban J connectivity index is 2.08. The fourth-order valence-corrected chi connectivity index (χ4v) is 1.95. The van der Waals surface area contributed by atoms with Gasteiger partial charge in [0, 0.05) is 11.9 Å². The molecule has 1 amide bonds. The molecule has 98 valence electrons. The number of carbonyl (C=O) groups excluding carboxylic acids is 1. The number of nitrogen functional groups attached to an aromatic ring is 1. The molecule has 0 radical (unpaired) electrons. The van der Waals surface area contributed by atoms with Crippen LogP contribution in [0, 0.1) is 6.92 Å². The van der Waals surface area contributed by atoms with Crippen LogP contribution in [0.1, 0.15) is 21.6 Å². The predicted molar refractivity (Wildman–Crippen MR) is 76.0 cm³/mol. The molecular weight excluding hydrogens is 262 g/mol. The summed E-state index contributed by atoms with van der Waals surface area (Å²) in [5.41, 5.74) is 8.39. The number of carbonyl (C=O) groups is 1. The van der Waals surface area contributed by atoms with Crippen molar-refractivity contribution in [2.24, 2.45) is 0 Å². The molecule has 1 aromatic carbocycles. The van der Waals surface area contributed by atoms with Crippen molar-refractivity contribution in [3.8, 4) is 0 Å². The Bertz CT molecular complexity index is 613. The molecule has 2 aromatic rings. The summed E-state index contributed by atoms with van der Waals surface area (Å²) in [4.78, 5) is 16.2. The first-order valence-electron chi connectivity index (χ1n) is 5.81. The smallest absolute Gasteiger partial charge is 0.253 e. The lowest BCUT2D eigenvalue weighted by Gasteiger charge is -2.08. The van der Waals surface area contributed by atoms with Gasteiger partial charge in [-0.15, -0.1) is 0 Å². The normalized spacial score (nSPS) is 10.2. The zero-order chi connectivity index (χ0) is 13.8. The SMILES string of the molecule is Cc1cccnc1CNC(=O)c1ccc(N)cc1Cl. The Morgan fingerprint density at radius 2 is 2.21 bits per heavy atom. The fraction of sp³-hybridized carbons (Fsp3) is 0.143. The van der Waals surface area contributed by atoms with Crippen LogP contribution in [0.2, 0.25) is 5.02 Å². The first kappa shape index (κ1) is 13.4. The highest BCUT2D eigenvalue weighted by molar-refractivity contribution is 6.34. The van der Waals surface area contributed by atoms with Gasteiger partial charge in [0.1, 0.15) is 0 Å². The third-order valence-electron chi connectivity index (χ3n) is 2.77. The maximum atomic E-state index is 12.0. The van der Waals surface area contributed by atoms with Gasteiger partial charge in [-0.2, -0.15) is 0 Å². The van der Waals surface area contributed by atoms with Crippen LogP contribution in [0.15, 0.2) is 36.5 Å². The highest BCUT2D eigenvalue weighted by Gasteiger charge is 2.10. The molecule has 3 N–H and O–H groups in total. The number of pyridine rings is 1. The number of benzene rings is 1. The third kappa shape index (κ3) is 3.23. The molecule has 4 nitrogen and oxygen atoms in total. The maximum Gasteiger partial charge on any atom is 0.253 e. The third-order valence-corrected chi connectivity index (χ3v) is 3.08. The zero-order valence-electron chi connectivity index (χ0n) is 10.5.